The van der Waals surface area contributed by atoms with Crippen LogP contribution in [-0.2, 0) is 9.13 Å². The van der Waals surface area contributed by atoms with E-state index in [0.717, 1.165) is 12.8 Å². The zero-order valence-corrected chi connectivity index (χ0v) is 13.8. The van der Waals surface area contributed by atoms with Crippen LogP contribution in [0, 0.1) is 0 Å². The normalized spacial score (nSPS) is 11.9. The SMILES string of the molecule is CCCCCCCCCCCP(=O)(O)O.O=P(O)(O)O. The average molecular weight is 334 g/mol. The van der Waals surface area contributed by atoms with Crippen LogP contribution in [0.4, 0.5) is 0 Å². The van der Waals surface area contributed by atoms with Gasteiger partial charge in [-0.25, -0.2) is 4.57 Å². The number of unbranched alkanes of at least 4 members (excludes halogenated alkanes) is 8. The molecular formula is C11H28O7P2. The van der Waals surface area contributed by atoms with Crippen molar-refractivity contribution in [1.29, 1.82) is 0 Å². The van der Waals surface area contributed by atoms with E-state index in [0.29, 0.717) is 6.42 Å². The van der Waals surface area contributed by atoms with Crippen LogP contribution in [0.1, 0.15) is 64.7 Å². The molecule has 0 spiro atoms. The highest BCUT2D eigenvalue weighted by molar-refractivity contribution is 7.51. The van der Waals surface area contributed by atoms with Gasteiger partial charge in [0.25, 0.3) is 0 Å². The molecule has 0 amide bonds. The first-order valence-electron chi connectivity index (χ1n) is 6.89. The van der Waals surface area contributed by atoms with Crippen molar-refractivity contribution in [2.45, 2.75) is 64.7 Å². The van der Waals surface area contributed by atoms with E-state index in [9.17, 15) is 4.57 Å². The summed E-state index contributed by atoms with van der Waals surface area (Å²) in [4.78, 5) is 38.8. The second-order valence-corrected chi connectivity index (χ2v) is 7.53. The highest BCUT2D eigenvalue weighted by Gasteiger charge is 2.10. The molecule has 0 atom stereocenters. The Morgan fingerprint density at radius 3 is 1.25 bits per heavy atom. The van der Waals surface area contributed by atoms with Gasteiger partial charge in [0, 0.05) is 6.16 Å². The van der Waals surface area contributed by atoms with Crippen LogP contribution in [0.3, 0.4) is 0 Å². The summed E-state index contributed by atoms with van der Waals surface area (Å²) in [7, 11) is -8.37. The number of rotatable bonds is 10. The molecule has 0 saturated carbocycles. The zero-order chi connectivity index (χ0) is 16.1. The lowest BCUT2D eigenvalue weighted by Gasteiger charge is -2.03. The molecule has 0 aliphatic rings. The molecule has 0 heterocycles. The molecule has 0 aromatic rings. The van der Waals surface area contributed by atoms with Gasteiger partial charge < -0.3 is 24.5 Å². The summed E-state index contributed by atoms with van der Waals surface area (Å²) in [5, 5.41) is 0. The van der Waals surface area contributed by atoms with Crippen LogP contribution in [0.5, 0.6) is 0 Å². The Morgan fingerprint density at radius 1 is 0.650 bits per heavy atom. The minimum atomic E-state index is -4.64. The lowest BCUT2D eigenvalue weighted by Crippen LogP contribution is -1.88. The minimum Gasteiger partial charge on any atom is -0.324 e. The second-order valence-electron chi connectivity index (χ2n) is 4.73. The Balaban J connectivity index is 0. The van der Waals surface area contributed by atoms with E-state index in [2.05, 4.69) is 6.92 Å². The van der Waals surface area contributed by atoms with Crippen LogP contribution in [-0.4, -0.2) is 30.6 Å². The molecule has 9 heteroatoms. The Morgan fingerprint density at radius 2 is 0.950 bits per heavy atom. The first-order valence-corrected chi connectivity index (χ1v) is 10.3. The van der Waals surface area contributed by atoms with Crippen molar-refractivity contribution in [3.8, 4) is 0 Å². The van der Waals surface area contributed by atoms with Gasteiger partial charge in [0.15, 0.2) is 0 Å². The zero-order valence-electron chi connectivity index (χ0n) is 12.0. The van der Waals surface area contributed by atoms with Gasteiger partial charge in [-0.2, -0.15) is 0 Å². The first kappa shape index (κ1) is 22.5. The molecular weight excluding hydrogens is 306 g/mol. The van der Waals surface area contributed by atoms with Crippen molar-refractivity contribution in [2.75, 3.05) is 6.16 Å². The van der Waals surface area contributed by atoms with Crippen LogP contribution >= 0.6 is 15.4 Å². The maximum Gasteiger partial charge on any atom is 0.466 e. The Kier molecular flexibility index (Phi) is 14.6. The molecule has 124 valence electrons. The van der Waals surface area contributed by atoms with Crippen LogP contribution < -0.4 is 0 Å². The maximum absolute atomic E-state index is 10.5. The molecule has 5 N–H and O–H groups in total. The van der Waals surface area contributed by atoms with E-state index in [4.69, 9.17) is 29.0 Å². The monoisotopic (exact) mass is 334 g/mol. The summed E-state index contributed by atoms with van der Waals surface area (Å²) in [5.74, 6) is 0. The summed E-state index contributed by atoms with van der Waals surface area (Å²) in [6.45, 7) is 2.21. The van der Waals surface area contributed by atoms with Crippen molar-refractivity contribution in [1.82, 2.24) is 0 Å². The van der Waals surface area contributed by atoms with Crippen molar-refractivity contribution < 1.29 is 33.6 Å². The molecule has 0 bridgehead atoms. The molecule has 0 saturated heterocycles. The van der Waals surface area contributed by atoms with Gasteiger partial charge in [-0.05, 0) is 6.42 Å². The van der Waals surface area contributed by atoms with Gasteiger partial charge in [-0.1, -0.05) is 58.3 Å². The highest BCUT2D eigenvalue weighted by Crippen LogP contribution is 2.35. The quantitative estimate of drug-likeness (QED) is 0.306. The van der Waals surface area contributed by atoms with Gasteiger partial charge in [0.2, 0.25) is 0 Å². The highest BCUT2D eigenvalue weighted by atomic mass is 31.2. The molecule has 7 nitrogen and oxygen atoms in total. The summed E-state index contributed by atoms with van der Waals surface area (Å²) >= 11 is 0. The predicted molar refractivity (Wildman–Crippen MR) is 78.4 cm³/mol. The molecule has 0 fully saturated rings. The lowest BCUT2D eigenvalue weighted by atomic mass is 10.1. The molecule has 0 rings (SSSR count). The third-order valence-electron chi connectivity index (χ3n) is 2.55. The minimum absolute atomic E-state index is 0.0584. The van der Waals surface area contributed by atoms with Crippen LogP contribution in [0.2, 0.25) is 0 Å². The van der Waals surface area contributed by atoms with E-state index in [-0.39, 0.29) is 6.16 Å². The molecule has 0 aromatic heterocycles. The third-order valence-corrected chi connectivity index (χ3v) is 3.45. The number of hydrogen-bond donors (Lipinski definition) is 5. The van der Waals surface area contributed by atoms with Crippen molar-refractivity contribution in [3.05, 3.63) is 0 Å². The third kappa shape index (κ3) is 36.2. The fourth-order valence-electron chi connectivity index (χ4n) is 1.63. The van der Waals surface area contributed by atoms with E-state index in [1.54, 1.807) is 0 Å². The number of phosphoric acid groups is 1. The molecule has 0 unspecified atom stereocenters. The number of hydrogen-bond acceptors (Lipinski definition) is 2. The molecule has 0 aromatic carbocycles. The Hall–Kier alpha value is 0.260. The van der Waals surface area contributed by atoms with E-state index in [1.165, 1.54) is 38.5 Å². The summed E-state index contributed by atoms with van der Waals surface area (Å²) in [6, 6.07) is 0. The lowest BCUT2D eigenvalue weighted by molar-refractivity contribution is 0.275. The van der Waals surface area contributed by atoms with Gasteiger partial charge >= 0.3 is 15.4 Å². The molecule has 20 heavy (non-hydrogen) atoms. The summed E-state index contributed by atoms with van der Waals surface area (Å²) in [6.07, 6.45) is 10.5. The largest absolute Gasteiger partial charge is 0.466 e. The van der Waals surface area contributed by atoms with E-state index < -0.39 is 15.4 Å². The van der Waals surface area contributed by atoms with Gasteiger partial charge in [0.05, 0.1) is 0 Å². The van der Waals surface area contributed by atoms with Gasteiger partial charge in [0.1, 0.15) is 0 Å². The smallest absolute Gasteiger partial charge is 0.324 e. The van der Waals surface area contributed by atoms with Crippen LogP contribution in [0.15, 0.2) is 0 Å². The summed E-state index contributed by atoms with van der Waals surface area (Å²) in [5.41, 5.74) is 0. The Labute approximate surface area is 120 Å². The van der Waals surface area contributed by atoms with E-state index in [1.807, 2.05) is 0 Å². The molecule has 0 aliphatic carbocycles. The summed E-state index contributed by atoms with van der Waals surface area (Å²) < 4.78 is 19.4. The van der Waals surface area contributed by atoms with Gasteiger partial charge in [-0.15, -0.1) is 0 Å². The molecule has 0 aliphatic heterocycles. The molecule has 0 radical (unpaired) electrons. The van der Waals surface area contributed by atoms with Crippen molar-refractivity contribution >= 4 is 15.4 Å². The van der Waals surface area contributed by atoms with Gasteiger partial charge in [-0.3, -0.25) is 4.57 Å². The topological polar surface area (TPSA) is 135 Å². The van der Waals surface area contributed by atoms with E-state index >= 15 is 0 Å². The Bertz CT molecular complexity index is 289. The predicted octanol–water partition coefficient (Wildman–Crippen LogP) is 2.77. The fraction of sp³-hybridized carbons (Fsp3) is 1.00. The standard InChI is InChI=1S/C11H25O3P.H3O4P/c1-2-3-4-5-6-7-8-9-10-11-15(12,13)14;1-5(2,3)4/h2-11H2,1H3,(H2,12,13,14);(H3,1,2,3,4). The average Bonchev–Trinajstić information content (AvgIpc) is 2.23. The maximum atomic E-state index is 10.5. The van der Waals surface area contributed by atoms with Crippen molar-refractivity contribution in [3.63, 3.8) is 0 Å². The fourth-order valence-corrected chi connectivity index (χ4v) is 2.26. The first-order chi connectivity index (χ1) is 9.06. The van der Waals surface area contributed by atoms with Crippen LogP contribution in [0.25, 0.3) is 0 Å². The van der Waals surface area contributed by atoms with Crippen molar-refractivity contribution in [2.24, 2.45) is 0 Å². The second kappa shape index (κ2) is 13.0.